The molecule has 12 heterocycles. The SMILES string of the molecule is N#Cc1ccc(-c2cc(-n3c4ccccc4c4ccccc43)nc(-n3c4ccccc4c4ccncc43)c2)cc1.N#Cc1cccc(-c2cc(-n3c4ccccc4c4ccccc43)nc(-n3c4ccccc4c4ccncc43)c2)c1.N#Cc1ccccc1-c1cc(-n2c3ccccc3c3ccccc32)nc(-n2c3ccccc3c3ccncc32)c1. The summed E-state index contributed by atoms with van der Waals surface area (Å²) in [5, 5.41) is 42.9. The van der Waals surface area contributed by atoms with Crippen molar-refractivity contribution < 1.29 is 0 Å². The highest BCUT2D eigenvalue weighted by atomic mass is 15.2. The van der Waals surface area contributed by atoms with Crippen LogP contribution in [0.5, 0.6) is 0 Å². The van der Waals surface area contributed by atoms with Crippen molar-refractivity contribution in [2.45, 2.75) is 0 Å². The molecule has 0 unspecified atom stereocenters. The number of hydrogen-bond donors (Lipinski definition) is 0. The van der Waals surface area contributed by atoms with Gasteiger partial charge < -0.3 is 0 Å². The van der Waals surface area contributed by atoms with E-state index in [2.05, 4.69) is 327 Å². The van der Waals surface area contributed by atoms with E-state index in [1.807, 2.05) is 116 Å². The first-order valence-corrected chi connectivity index (χ1v) is 39.4. The van der Waals surface area contributed by atoms with E-state index in [-0.39, 0.29) is 0 Å². The summed E-state index contributed by atoms with van der Waals surface area (Å²) in [5.74, 6) is 4.77. The van der Waals surface area contributed by atoms with E-state index in [4.69, 9.17) is 15.0 Å². The first-order chi connectivity index (χ1) is 59.4. The zero-order valence-electron chi connectivity index (χ0n) is 64.1. The molecule has 0 saturated carbocycles. The van der Waals surface area contributed by atoms with E-state index in [1.54, 1.807) is 0 Å². The third kappa shape index (κ3) is 11.5. The molecule has 15 heteroatoms. The summed E-state index contributed by atoms with van der Waals surface area (Å²) < 4.78 is 13.3. The van der Waals surface area contributed by atoms with Gasteiger partial charge in [-0.25, -0.2) is 15.0 Å². The van der Waals surface area contributed by atoms with Crippen molar-refractivity contribution in [2.75, 3.05) is 0 Å². The molecule has 558 valence electrons. The van der Waals surface area contributed by atoms with Crippen LogP contribution in [0.15, 0.2) is 383 Å². The molecule has 0 amide bonds. The molecule has 0 N–H and O–H groups in total. The highest BCUT2D eigenvalue weighted by Gasteiger charge is 2.24. The van der Waals surface area contributed by atoms with Gasteiger partial charge in [-0.15, -0.1) is 0 Å². The maximum absolute atomic E-state index is 9.97. The van der Waals surface area contributed by atoms with Crippen LogP contribution >= 0.6 is 0 Å². The van der Waals surface area contributed by atoms with Gasteiger partial charge in [0.15, 0.2) is 0 Å². The molecule has 0 radical (unpaired) electrons. The molecule has 12 aromatic heterocycles. The fourth-order valence-corrected chi connectivity index (χ4v) is 17.7. The van der Waals surface area contributed by atoms with Gasteiger partial charge in [0.25, 0.3) is 0 Å². The molecule has 0 spiro atoms. The average molecular weight is 1530 g/mol. The third-order valence-electron chi connectivity index (χ3n) is 23.0. The van der Waals surface area contributed by atoms with Crippen LogP contribution in [0.3, 0.4) is 0 Å². The number of pyridine rings is 6. The van der Waals surface area contributed by atoms with Crippen LogP contribution in [-0.2, 0) is 0 Å². The van der Waals surface area contributed by atoms with Gasteiger partial charge in [-0.3, -0.25) is 42.4 Å². The normalized spacial score (nSPS) is 11.5. The molecule has 120 heavy (non-hydrogen) atoms. The highest BCUT2D eigenvalue weighted by Crippen LogP contribution is 2.42. The Hall–Kier alpha value is -17.2. The minimum absolute atomic E-state index is 0.621. The lowest BCUT2D eigenvalue weighted by Gasteiger charge is -2.15. The number of benzene rings is 12. The molecule has 0 aliphatic rings. The molecule has 0 atom stereocenters. The van der Waals surface area contributed by atoms with Crippen molar-refractivity contribution >= 4 is 131 Å². The molecule has 12 aromatic carbocycles. The van der Waals surface area contributed by atoms with Crippen molar-refractivity contribution in [3.05, 3.63) is 400 Å². The summed E-state index contributed by atoms with van der Waals surface area (Å²) in [5.41, 5.74) is 20.4. The topological polar surface area (TPSA) is 178 Å². The van der Waals surface area contributed by atoms with E-state index < -0.39 is 0 Å². The average Bonchev–Trinajstić information content (AvgIpc) is 1.59. The molecule has 0 bridgehead atoms. The number of para-hydroxylation sites is 9. The lowest BCUT2D eigenvalue weighted by Crippen LogP contribution is -2.04. The Labute approximate surface area is 685 Å². The zero-order chi connectivity index (χ0) is 79.9. The molecule has 0 saturated heterocycles. The van der Waals surface area contributed by atoms with Crippen molar-refractivity contribution in [3.63, 3.8) is 0 Å². The number of hydrogen-bond acceptors (Lipinski definition) is 9. The van der Waals surface area contributed by atoms with Crippen LogP contribution in [0.2, 0.25) is 0 Å². The molecular formula is C105H63N15. The summed E-state index contributed by atoms with van der Waals surface area (Å²) in [6.45, 7) is 0. The number of rotatable bonds is 9. The second-order valence-corrected chi connectivity index (χ2v) is 29.6. The summed E-state index contributed by atoms with van der Waals surface area (Å²) >= 11 is 0. The first kappa shape index (κ1) is 69.5. The smallest absolute Gasteiger partial charge is 0.140 e. The quantitative estimate of drug-likeness (QED) is 0.136. The number of fused-ring (bicyclic) bond motifs is 18. The van der Waals surface area contributed by atoms with Gasteiger partial charge in [0.2, 0.25) is 0 Å². The van der Waals surface area contributed by atoms with E-state index in [1.165, 1.54) is 32.3 Å². The van der Waals surface area contributed by atoms with Gasteiger partial charge in [0.1, 0.15) is 34.9 Å². The van der Waals surface area contributed by atoms with Gasteiger partial charge in [0, 0.05) is 83.2 Å². The fraction of sp³-hybridized carbons (Fsp3) is 0. The summed E-state index contributed by atoms with van der Waals surface area (Å²) in [7, 11) is 0. The number of nitrogens with zero attached hydrogens (tertiary/aromatic N) is 15. The largest absolute Gasteiger partial charge is 0.294 e. The van der Waals surface area contributed by atoms with Crippen LogP contribution in [-0.4, -0.2) is 57.3 Å². The van der Waals surface area contributed by atoms with E-state index in [0.717, 1.165) is 167 Å². The highest BCUT2D eigenvalue weighted by molar-refractivity contribution is 6.14. The number of nitriles is 3. The third-order valence-corrected chi connectivity index (χ3v) is 23.0. The molecule has 0 fully saturated rings. The Morgan fingerprint density at radius 3 is 0.767 bits per heavy atom. The Morgan fingerprint density at radius 1 is 0.192 bits per heavy atom. The van der Waals surface area contributed by atoms with Crippen molar-refractivity contribution in [2.24, 2.45) is 0 Å². The second-order valence-electron chi connectivity index (χ2n) is 29.6. The summed E-state index contributed by atoms with van der Waals surface area (Å²) in [6, 6.07) is 125. The van der Waals surface area contributed by atoms with Crippen molar-refractivity contribution in [1.29, 1.82) is 15.8 Å². The fourth-order valence-electron chi connectivity index (χ4n) is 17.7. The lowest BCUT2D eigenvalue weighted by atomic mass is 10.0. The molecule has 0 aliphatic carbocycles. The predicted molar refractivity (Wildman–Crippen MR) is 483 cm³/mol. The van der Waals surface area contributed by atoms with Gasteiger partial charge >= 0.3 is 0 Å². The first-order valence-electron chi connectivity index (χ1n) is 39.4. The lowest BCUT2D eigenvalue weighted by molar-refractivity contribution is 1.01. The molecular weight excluding hydrogens is 1470 g/mol. The zero-order valence-corrected chi connectivity index (χ0v) is 64.1. The second kappa shape index (κ2) is 28.7. The van der Waals surface area contributed by atoms with E-state index in [0.29, 0.717) is 16.7 Å². The van der Waals surface area contributed by atoms with Crippen LogP contribution in [0, 0.1) is 34.0 Å². The van der Waals surface area contributed by atoms with Crippen LogP contribution in [0.25, 0.3) is 199 Å². The summed E-state index contributed by atoms with van der Waals surface area (Å²) in [4.78, 5) is 29.3. The molecule has 0 aliphatic heterocycles. The Bertz CT molecular complexity index is 7720. The van der Waals surface area contributed by atoms with Crippen LogP contribution in [0.4, 0.5) is 0 Å². The summed E-state index contributed by atoms with van der Waals surface area (Å²) in [6.07, 6.45) is 11.2. The Morgan fingerprint density at radius 2 is 0.458 bits per heavy atom. The van der Waals surface area contributed by atoms with Gasteiger partial charge in [-0.2, -0.15) is 15.8 Å². The maximum atomic E-state index is 9.97. The van der Waals surface area contributed by atoms with Crippen LogP contribution in [0.1, 0.15) is 16.7 Å². The minimum atomic E-state index is 0.621. The van der Waals surface area contributed by atoms with Crippen molar-refractivity contribution in [3.8, 4) is 86.5 Å². The molecule has 24 rings (SSSR count). The van der Waals surface area contributed by atoms with E-state index in [9.17, 15) is 15.8 Å². The van der Waals surface area contributed by atoms with Gasteiger partial charge in [-0.05, 0) is 173 Å². The Balaban J connectivity index is 0.000000108. The van der Waals surface area contributed by atoms with Gasteiger partial charge in [-0.1, -0.05) is 206 Å². The Kier molecular flexibility index (Phi) is 16.6. The van der Waals surface area contributed by atoms with Crippen LogP contribution < -0.4 is 0 Å². The monoisotopic (exact) mass is 1530 g/mol. The standard InChI is InChI=1S/3C35H21N5/c36-21-23-8-7-9-24(18-23)25-19-34(39-30-13-4-1-10-26(30)27-11-2-5-14-31(27)39)38-35(20-25)40-32-15-6-3-12-28(32)29-16-17-37-22-33(29)40;36-21-23-13-15-24(16-14-23)25-19-34(39-30-10-4-1-7-26(30)27-8-2-5-11-31(27)39)38-35(20-25)40-32-12-6-3-9-28(32)29-17-18-37-22-33(29)40;36-21-23-9-1-2-10-25(23)24-19-34(39-30-14-6-3-11-26(30)27-12-4-7-15-31(27)39)38-35(20-24)40-32-16-8-5-13-28(32)29-17-18-37-22-33(29)40/h3*1-20,22H. The van der Waals surface area contributed by atoms with Gasteiger partial charge in [0.05, 0.1) is 120 Å². The minimum Gasteiger partial charge on any atom is -0.294 e. The molecule has 15 nitrogen and oxygen atoms in total. The van der Waals surface area contributed by atoms with Crippen molar-refractivity contribution in [1.82, 2.24) is 57.3 Å². The maximum Gasteiger partial charge on any atom is 0.140 e. The number of aromatic nitrogens is 12. The van der Waals surface area contributed by atoms with E-state index >= 15 is 0 Å². The molecule has 24 aromatic rings. The predicted octanol–water partition coefficient (Wildman–Crippen LogP) is 24.6.